The molecular weight excluding hydrogens is 458 g/mol. The van der Waals surface area contributed by atoms with E-state index >= 15 is 0 Å². The summed E-state index contributed by atoms with van der Waals surface area (Å²) in [5.41, 5.74) is 7.51. The number of carbonyl (C=O) groups excluding carboxylic acids is 2. The number of rotatable bonds is 6. The number of thiophene rings is 1. The summed E-state index contributed by atoms with van der Waals surface area (Å²) in [5.74, 6) is -1.18. The Morgan fingerprint density at radius 2 is 1.64 bits per heavy atom. The normalized spacial score (nSPS) is 11.9. The van der Waals surface area contributed by atoms with Gasteiger partial charge in [0.05, 0.1) is 10.5 Å². The van der Waals surface area contributed by atoms with E-state index in [9.17, 15) is 18.0 Å². The number of benzene rings is 2. The van der Waals surface area contributed by atoms with Gasteiger partial charge in [-0.25, -0.2) is 13.1 Å². The maximum Gasteiger partial charge on any atom is 0.256 e. The van der Waals surface area contributed by atoms with Gasteiger partial charge in [0.25, 0.3) is 11.8 Å². The first-order valence-corrected chi connectivity index (χ1v) is 12.5. The van der Waals surface area contributed by atoms with Gasteiger partial charge in [0, 0.05) is 21.5 Å². The van der Waals surface area contributed by atoms with Crippen molar-refractivity contribution in [1.82, 2.24) is 4.72 Å². The van der Waals surface area contributed by atoms with Crippen molar-refractivity contribution in [3.05, 3.63) is 70.1 Å². The van der Waals surface area contributed by atoms with Crippen molar-refractivity contribution in [2.75, 3.05) is 5.32 Å². The molecule has 1 aromatic heterocycles. The van der Waals surface area contributed by atoms with E-state index in [1.54, 1.807) is 33.8 Å². The van der Waals surface area contributed by atoms with Crippen molar-refractivity contribution >= 4 is 38.2 Å². The molecule has 0 bridgehead atoms. The van der Waals surface area contributed by atoms with E-state index in [0.29, 0.717) is 16.1 Å². The molecule has 2 amide bonds. The van der Waals surface area contributed by atoms with Gasteiger partial charge in [0.1, 0.15) is 5.00 Å². The monoisotopic (exact) mass is 485 g/mol. The van der Waals surface area contributed by atoms with Gasteiger partial charge in [-0.3, -0.25) is 9.59 Å². The number of aryl methyl sites for hydroxylation is 2. The average molecular weight is 486 g/mol. The van der Waals surface area contributed by atoms with E-state index in [0.717, 1.165) is 10.4 Å². The Labute approximate surface area is 198 Å². The SMILES string of the molecule is Cc1ccc(S(=O)(=O)NC(C)(C)C)cc1C(=O)Nc1sc(C)c(-c2ccccc2)c1C(N)=O. The van der Waals surface area contributed by atoms with Gasteiger partial charge < -0.3 is 11.1 Å². The maximum atomic E-state index is 13.2. The highest BCUT2D eigenvalue weighted by Gasteiger charge is 2.26. The third-order valence-electron chi connectivity index (χ3n) is 4.82. The third kappa shape index (κ3) is 5.50. The number of hydrogen-bond donors (Lipinski definition) is 3. The lowest BCUT2D eigenvalue weighted by molar-refractivity contribution is 0.100. The van der Waals surface area contributed by atoms with Crippen LogP contribution in [0.4, 0.5) is 5.00 Å². The molecule has 0 spiro atoms. The second kappa shape index (κ2) is 9.09. The van der Waals surface area contributed by atoms with Crippen LogP contribution in [0.3, 0.4) is 0 Å². The maximum absolute atomic E-state index is 13.2. The van der Waals surface area contributed by atoms with E-state index in [1.165, 1.54) is 23.5 Å². The van der Waals surface area contributed by atoms with Gasteiger partial charge in [0.2, 0.25) is 10.0 Å². The van der Waals surface area contributed by atoms with Gasteiger partial charge in [-0.05, 0) is 57.9 Å². The predicted molar refractivity (Wildman–Crippen MR) is 132 cm³/mol. The molecule has 0 saturated carbocycles. The summed E-state index contributed by atoms with van der Waals surface area (Å²) in [4.78, 5) is 26.3. The molecule has 3 aromatic rings. The molecule has 0 radical (unpaired) electrons. The minimum absolute atomic E-state index is 0.0179. The molecule has 7 nitrogen and oxygen atoms in total. The molecule has 0 saturated heterocycles. The predicted octanol–water partition coefficient (Wildman–Crippen LogP) is 4.46. The summed E-state index contributed by atoms with van der Waals surface area (Å²) >= 11 is 1.25. The highest BCUT2D eigenvalue weighted by Crippen LogP contribution is 2.39. The topological polar surface area (TPSA) is 118 Å². The van der Waals surface area contributed by atoms with Crippen LogP contribution in [0, 0.1) is 13.8 Å². The Kier molecular flexibility index (Phi) is 6.78. The molecule has 33 heavy (non-hydrogen) atoms. The number of primary amides is 1. The standard InChI is InChI=1S/C24H27N3O4S2/c1-14-11-12-17(33(30,31)27-24(3,4)5)13-18(14)22(29)26-23-20(21(25)28)19(15(2)32-23)16-9-7-6-8-10-16/h6-13,27H,1-5H3,(H2,25,28)(H,26,29). The minimum atomic E-state index is -3.83. The van der Waals surface area contributed by atoms with E-state index in [2.05, 4.69) is 10.0 Å². The fourth-order valence-corrected chi connectivity index (χ4v) is 5.99. The van der Waals surface area contributed by atoms with Crippen molar-refractivity contribution in [2.45, 2.75) is 45.1 Å². The lowest BCUT2D eigenvalue weighted by Gasteiger charge is -2.20. The highest BCUT2D eigenvalue weighted by atomic mass is 32.2. The molecule has 1 heterocycles. The third-order valence-corrected chi connectivity index (χ3v) is 7.60. The van der Waals surface area contributed by atoms with Gasteiger partial charge in [-0.2, -0.15) is 0 Å². The summed E-state index contributed by atoms with van der Waals surface area (Å²) in [6, 6.07) is 13.7. The molecule has 174 valence electrons. The van der Waals surface area contributed by atoms with Crippen LogP contribution in [-0.2, 0) is 10.0 Å². The molecule has 9 heteroatoms. The molecule has 0 aliphatic heterocycles. The number of hydrogen-bond acceptors (Lipinski definition) is 5. The second-order valence-corrected chi connectivity index (χ2v) is 11.7. The van der Waals surface area contributed by atoms with Crippen molar-refractivity contribution in [1.29, 1.82) is 0 Å². The molecule has 2 aromatic carbocycles. The fourth-order valence-electron chi connectivity index (χ4n) is 3.47. The van der Waals surface area contributed by atoms with Gasteiger partial charge in [-0.1, -0.05) is 36.4 Å². The Morgan fingerprint density at radius 1 is 1.00 bits per heavy atom. The van der Waals surface area contributed by atoms with Crippen LogP contribution in [0.2, 0.25) is 0 Å². The second-order valence-electron chi connectivity index (χ2n) is 8.75. The van der Waals surface area contributed by atoms with E-state index in [1.807, 2.05) is 37.3 Å². The van der Waals surface area contributed by atoms with E-state index in [-0.39, 0.29) is 16.0 Å². The number of nitrogens with two attached hydrogens (primary N) is 1. The van der Waals surface area contributed by atoms with E-state index < -0.39 is 27.4 Å². The van der Waals surface area contributed by atoms with Crippen molar-refractivity contribution in [3.8, 4) is 11.1 Å². The lowest BCUT2D eigenvalue weighted by Crippen LogP contribution is -2.40. The van der Waals surface area contributed by atoms with Crippen molar-refractivity contribution in [2.24, 2.45) is 5.73 Å². The smallest absolute Gasteiger partial charge is 0.256 e. The quantitative estimate of drug-likeness (QED) is 0.478. The molecule has 0 atom stereocenters. The number of sulfonamides is 1. The summed E-state index contributed by atoms with van der Waals surface area (Å²) in [6.45, 7) is 8.78. The Morgan fingerprint density at radius 3 is 2.21 bits per heavy atom. The summed E-state index contributed by atoms with van der Waals surface area (Å²) < 4.78 is 28.1. The fraction of sp³-hybridized carbons (Fsp3) is 0.250. The van der Waals surface area contributed by atoms with Crippen LogP contribution < -0.4 is 15.8 Å². The number of anilines is 1. The minimum Gasteiger partial charge on any atom is -0.365 e. The van der Waals surface area contributed by atoms with Crippen LogP contribution in [0.5, 0.6) is 0 Å². The zero-order valence-corrected chi connectivity index (χ0v) is 20.8. The molecule has 0 fully saturated rings. The van der Waals surface area contributed by atoms with Crippen molar-refractivity contribution < 1.29 is 18.0 Å². The van der Waals surface area contributed by atoms with Gasteiger partial charge >= 0.3 is 0 Å². The largest absolute Gasteiger partial charge is 0.365 e. The first-order chi connectivity index (χ1) is 15.3. The first-order valence-electron chi connectivity index (χ1n) is 10.2. The number of carbonyl (C=O) groups is 2. The average Bonchev–Trinajstić information content (AvgIpc) is 3.02. The number of amides is 2. The Hall–Kier alpha value is -3.01. The zero-order chi connectivity index (χ0) is 24.6. The highest BCUT2D eigenvalue weighted by molar-refractivity contribution is 7.89. The van der Waals surface area contributed by atoms with Gasteiger partial charge in [0.15, 0.2) is 0 Å². The molecule has 3 rings (SSSR count). The molecule has 0 unspecified atom stereocenters. The van der Waals surface area contributed by atoms with Crippen LogP contribution >= 0.6 is 11.3 Å². The molecule has 0 aliphatic carbocycles. The Bertz CT molecular complexity index is 1320. The van der Waals surface area contributed by atoms with Crippen LogP contribution in [0.1, 0.15) is 51.9 Å². The van der Waals surface area contributed by atoms with Crippen LogP contribution in [0.15, 0.2) is 53.4 Å². The summed E-state index contributed by atoms with van der Waals surface area (Å²) in [6.07, 6.45) is 0. The Balaban J connectivity index is 2.01. The van der Waals surface area contributed by atoms with Crippen molar-refractivity contribution in [3.63, 3.8) is 0 Å². The zero-order valence-electron chi connectivity index (χ0n) is 19.1. The van der Waals surface area contributed by atoms with E-state index in [4.69, 9.17) is 5.73 Å². The lowest BCUT2D eigenvalue weighted by atomic mass is 10.0. The molecule has 4 N–H and O–H groups in total. The molecular formula is C24H27N3O4S2. The van der Waals surface area contributed by atoms with Gasteiger partial charge in [-0.15, -0.1) is 11.3 Å². The first kappa shape index (κ1) is 24.6. The summed E-state index contributed by atoms with van der Waals surface area (Å²) in [5, 5.41) is 3.09. The van der Waals surface area contributed by atoms with Crippen LogP contribution in [-0.4, -0.2) is 25.8 Å². The number of nitrogens with one attached hydrogen (secondary N) is 2. The molecule has 0 aliphatic rings. The summed E-state index contributed by atoms with van der Waals surface area (Å²) in [7, 11) is -3.83. The van der Waals surface area contributed by atoms with Crippen LogP contribution in [0.25, 0.3) is 11.1 Å².